The predicted molar refractivity (Wildman–Crippen MR) is 86.2 cm³/mol. The molecule has 108 valence electrons. The summed E-state index contributed by atoms with van der Waals surface area (Å²) in [7, 11) is 0. The molecule has 0 aromatic heterocycles. The summed E-state index contributed by atoms with van der Waals surface area (Å²) >= 11 is 17.5. The number of hydrogen-bond donors (Lipinski definition) is 0. The van der Waals surface area contributed by atoms with Crippen molar-refractivity contribution in [1.82, 2.24) is 4.90 Å². The molecular weight excluding hydrogens is 317 g/mol. The van der Waals surface area contributed by atoms with Crippen molar-refractivity contribution >= 4 is 40.6 Å². The molecule has 1 aliphatic rings. The van der Waals surface area contributed by atoms with Gasteiger partial charge in [0.25, 0.3) is 5.17 Å². The highest BCUT2D eigenvalue weighted by Crippen LogP contribution is 2.36. The second kappa shape index (κ2) is 7.16. The Morgan fingerprint density at radius 1 is 1.25 bits per heavy atom. The van der Waals surface area contributed by atoms with Crippen LogP contribution in [0.25, 0.3) is 0 Å². The smallest absolute Gasteiger partial charge is 0.264 e. The molecule has 0 spiro atoms. The molecule has 0 saturated carbocycles. The molecule has 1 aromatic carbocycles. The lowest BCUT2D eigenvalue weighted by Gasteiger charge is -2.19. The maximum Gasteiger partial charge on any atom is 0.264 e. The van der Waals surface area contributed by atoms with E-state index >= 15 is 0 Å². The lowest BCUT2D eigenvalue weighted by atomic mass is 10.3. The van der Waals surface area contributed by atoms with Crippen molar-refractivity contribution in [2.45, 2.75) is 12.8 Å². The Labute approximate surface area is 134 Å². The normalized spacial score (nSPS) is 14.2. The van der Waals surface area contributed by atoms with E-state index in [2.05, 4.69) is 6.58 Å². The zero-order chi connectivity index (χ0) is 14.5. The molecule has 3 nitrogen and oxygen atoms in total. The molecule has 20 heavy (non-hydrogen) atoms. The minimum absolute atomic E-state index is 0.358. The fraction of sp³-hybridized carbons (Fsp3) is 0.357. The maximum absolute atomic E-state index is 6.12. The zero-order valence-corrected chi connectivity index (χ0v) is 13.2. The van der Waals surface area contributed by atoms with E-state index in [1.54, 1.807) is 18.2 Å². The van der Waals surface area contributed by atoms with E-state index in [4.69, 9.17) is 44.9 Å². The van der Waals surface area contributed by atoms with Gasteiger partial charge >= 0.3 is 0 Å². The first kappa shape index (κ1) is 15.4. The Bertz CT molecular complexity index is 516. The van der Waals surface area contributed by atoms with Crippen LogP contribution in [0.2, 0.25) is 10.0 Å². The average Bonchev–Trinajstić information content (AvgIpc) is 2.94. The molecule has 0 amide bonds. The highest BCUT2D eigenvalue weighted by Gasteiger charge is 2.18. The van der Waals surface area contributed by atoms with Crippen LogP contribution >= 0.6 is 35.4 Å². The number of thiocarbonyl (C=S) groups is 1. The quantitative estimate of drug-likeness (QED) is 0.605. The third kappa shape index (κ3) is 3.78. The topological polar surface area (TPSA) is 21.7 Å². The summed E-state index contributed by atoms with van der Waals surface area (Å²) < 4.78 is 11.1. The molecule has 2 rings (SSSR count). The Hall–Kier alpha value is -0.970. The minimum Gasteiger partial charge on any atom is -0.488 e. The van der Waals surface area contributed by atoms with E-state index in [0.717, 1.165) is 25.9 Å². The summed E-state index contributed by atoms with van der Waals surface area (Å²) in [5, 5.41) is 1.26. The van der Waals surface area contributed by atoms with Crippen molar-refractivity contribution in [3.8, 4) is 11.5 Å². The van der Waals surface area contributed by atoms with Crippen LogP contribution in [-0.4, -0.2) is 29.8 Å². The summed E-state index contributed by atoms with van der Waals surface area (Å²) in [4.78, 5) is 2.02. The lowest BCUT2D eigenvalue weighted by Crippen LogP contribution is -2.30. The highest BCUT2D eigenvalue weighted by molar-refractivity contribution is 7.80. The van der Waals surface area contributed by atoms with Crippen molar-refractivity contribution in [2.75, 3.05) is 19.7 Å². The Balaban J connectivity index is 2.13. The SMILES string of the molecule is C=CCOc1cc(OC(=S)N2CCCC2)c(Cl)cc1Cl. The van der Waals surface area contributed by atoms with Crippen molar-refractivity contribution in [3.63, 3.8) is 0 Å². The van der Waals surface area contributed by atoms with E-state index < -0.39 is 0 Å². The monoisotopic (exact) mass is 331 g/mol. The average molecular weight is 332 g/mol. The van der Waals surface area contributed by atoms with E-state index in [1.165, 1.54) is 0 Å². The molecule has 1 fully saturated rings. The van der Waals surface area contributed by atoms with Crippen LogP contribution in [-0.2, 0) is 0 Å². The first-order valence-corrected chi connectivity index (χ1v) is 7.47. The van der Waals surface area contributed by atoms with Crippen LogP contribution in [0.3, 0.4) is 0 Å². The molecule has 1 heterocycles. The van der Waals surface area contributed by atoms with Gasteiger partial charge in [-0.25, -0.2) is 0 Å². The number of hydrogen-bond acceptors (Lipinski definition) is 3. The van der Waals surface area contributed by atoms with Crippen LogP contribution < -0.4 is 9.47 Å². The van der Waals surface area contributed by atoms with E-state index in [0.29, 0.717) is 33.3 Å². The van der Waals surface area contributed by atoms with Gasteiger partial charge in [-0.3, -0.25) is 0 Å². The number of benzene rings is 1. The molecule has 6 heteroatoms. The third-order valence-electron chi connectivity index (χ3n) is 2.90. The molecule has 0 unspecified atom stereocenters. The largest absolute Gasteiger partial charge is 0.488 e. The van der Waals surface area contributed by atoms with Crippen molar-refractivity contribution in [2.24, 2.45) is 0 Å². The Kier molecular flexibility index (Phi) is 5.52. The van der Waals surface area contributed by atoms with Gasteiger partial charge in [-0.05, 0) is 31.1 Å². The third-order valence-corrected chi connectivity index (χ3v) is 3.84. The second-order valence-electron chi connectivity index (χ2n) is 4.37. The first-order valence-electron chi connectivity index (χ1n) is 6.31. The van der Waals surface area contributed by atoms with Gasteiger partial charge in [0.1, 0.15) is 12.4 Å². The molecule has 0 N–H and O–H groups in total. The highest BCUT2D eigenvalue weighted by atomic mass is 35.5. The molecule has 0 radical (unpaired) electrons. The standard InChI is InChI=1S/C14H15Cl2NO2S/c1-2-7-18-12-9-13(11(16)8-10(12)15)19-14(20)17-5-3-4-6-17/h2,8-9H,1,3-7H2. The van der Waals surface area contributed by atoms with Gasteiger partial charge in [0.2, 0.25) is 0 Å². The van der Waals surface area contributed by atoms with Crippen LogP contribution in [0.15, 0.2) is 24.8 Å². The van der Waals surface area contributed by atoms with Crippen LogP contribution in [0.1, 0.15) is 12.8 Å². The summed E-state index contributed by atoms with van der Waals surface area (Å²) in [6.07, 6.45) is 3.90. The van der Waals surface area contributed by atoms with Crippen LogP contribution in [0.4, 0.5) is 0 Å². The summed E-state index contributed by atoms with van der Waals surface area (Å²) in [5.74, 6) is 0.946. The molecular formula is C14H15Cl2NO2S. The van der Waals surface area contributed by atoms with Gasteiger partial charge in [0.05, 0.1) is 10.0 Å². The number of ether oxygens (including phenoxy) is 2. The van der Waals surface area contributed by atoms with E-state index in [9.17, 15) is 0 Å². The summed E-state index contributed by atoms with van der Waals surface area (Å²) in [5.41, 5.74) is 0. The van der Waals surface area contributed by atoms with Gasteiger partial charge in [0, 0.05) is 19.2 Å². The molecule has 1 aromatic rings. The fourth-order valence-corrected chi connectivity index (χ4v) is 2.65. The Morgan fingerprint density at radius 2 is 1.90 bits per heavy atom. The summed E-state index contributed by atoms with van der Waals surface area (Å²) in [6, 6.07) is 3.24. The molecule has 0 bridgehead atoms. The molecule has 1 aliphatic heterocycles. The second-order valence-corrected chi connectivity index (χ2v) is 5.54. The van der Waals surface area contributed by atoms with Gasteiger partial charge in [0.15, 0.2) is 5.75 Å². The van der Waals surface area contributed by atoms with Gasteiger partial charge in [-0.1, -0.05) is 35.9 Å². The number of nitrogens with zero attached hydrogens (tertiary/aromatic N) is 1. The number of likely N-dealkylation sites (tertiary alicyclic amines) is 1. The van der Waals surface area contributed by atoms with Crippen molar-refractivity contribution in [1.29, 1.82) is 0 Å². The minimum atomic E-state index is 0.358. The van der Waals surface area contributed by atoms with Crippen LogP contribution in [0.5, 0.6) is 11.5 Å². The van der Waals surface area contributed by atoms with Gasteiger partial charge < -0.3 is 14.4 Å². The number of halogens is 2. The van der Waals surface area contributed by atoms with Crippen molar-refractivity contribution in [3.05, 3.63) is 34.8 Å². The molecule has 0 aliphatic carbocycles. The lowest BCUT2D eigenvalue weighted by molar-refractivity contribution is 0.359. The van der Waals surface area contributed by atoms with Gasteiger partial charge in [-0.2, -0.15) is 0 Å². The first-order chi connectivity index (χ1) is 9.61. The van der Waals surface area contributed by atoms with E-state index in [-0.39, 0.29) is 0 Å². The van der Waals surface area contributed by atoms with Gasteiger partial charge in [-0.15, -0.1) is 0 Å². The summed E-state index contributed by atoms with van der Waals surface area (Å²) in [6.45, 7) is 5.79. The van der Waals surface area contributed by atoms with Crippen molar-refractivity contribution < 1.29 is 9.47 Å². The predicted octanol–water partition coefficient (Wildman–Crippen LogP) is 4.32. The maximum atomic E-state index is 6.12. The number of rotatable bonds is 4. The molecule has 0 atom stereocenters. The fourth-order valence-electron chi connectivity index (χ4n) is 1.91. The van der Waals surface area contributed by atoms with E-state index in [1.807, 2.05) is 4.90 Å². The van der Waals surface area contributed by atoms with Crippen LogP contribution in [0, 0.1) is 0 Å². The Morgan fingerprint density at radius 3 is 2.55 bits per heavy atom. The zero-order valence-electron chi connectivity index (χ0n) is 10.9. The molecule has 1 saturated heterocycles.